The molecule has 2 aromatic rings. The molecule has 26 heavy (non-hydrogen) atoms. The molecule has 0 saturated carbocycles. The molecule has 0 bridgehead atoms. The van der Waals surface area contributed by atoms with Crippen molar-refractivity contribution in [3.63, 3.8) is 0 Å². The average molecular weight is 397 g/mol. The fraction of sp³-hybridized carbons (Fsp3) is 0.278. The average Bonchev–Trinajstić information content (AvgIpc) is 2.58. The molecular formula is C18H21ClN2O4S. The van der Waals surface area contributed by atoms with Crippen molar-refractivity contribution in [2.24, 2.45) is 0 Å². The summed E-state index contributed by atoms with van der Waals surface area (Å²) >= 11 is 5.91. The smallest absolute Gasteiger partial charge is 0.265 e. The van der Waals surface area contributed by atoms with Gasteiger partial charge in [0.15, 0.2) is 6.10 Å². The highest BCUT2D eigenvalue weighted by molar-refractivity contribution is 7.92. The van der Waals surface area contributed by atoms with Gasteiger partial charge in [0.05, 0.1) is 11.9 Å². The van der Waals surface area contributed by atoms with E-state index in [-0.39, 0.29) is 5.91 Å². The molecule has 2 rings (SSSR count). The lowest BCUT2D eigenvalue weighted by Crippen LogP contribution is -2.32. The summed E-state index contributed by atoms with van der Waals surface area (Å²) in [7, 11) is -1.86. The topological polar surface area (TPSA) is 75.7 Å². The van der Waals surface area contributed by atoms with Crippen LogP contribution >= 0.6 is 11.6 Å². The van der Waals surface area contributed by atoms with Crippen molar-refractivity contribution in [3.05, 3.63) is 53.6 Å². The molecule has 0 unspecified atom stereocenters. The number of nitrogens with zero attached hydrogens (tertiary/aromatic N) is 1. The fourth-order valence-corrected chi connectivity index (χ4v) is 2.90. The standard InChI is InChI=1S/C18H21ClN2O4S/c1-4-17(18(22)20-14-7-5-6-13(19)12-14)25-16-10-8-15(9-11-16)21(2)26(3,23)24/h5-12,17H,4H2,1-3H3,(H,20,22)/t17-/m1/s1. The van der Waals surface area contributed by atoms with E-state index in [0.29, 0.717) is 28.6 Å². The van der Waals surface area contributed by atoms with E-state index in [2.05, 4.69) is 5.32 Å². The first-order chi connectivity index (χ1) is 12.2. The number of carbonyl (C=O) groups is 1. The molecule has 0 radical (unpaired) electrons. The Morgan fingerprint density at radius 3 is 2.42 bits per heavy atom. The van der Waals surface area contributed by atoms with Crippen LogP contribution in [0, 0.1) is 0 Å². The Labute approximate surface area is 158 Å². The zero-order valence-corrected chi connectivity index (χ0v) is 16.3. The van der Waals surface area contributed by atoms with E-state index in [1.165, 1.54) is 11.4 Å². The van der Waals surface area contributed by atoms with Crippen LogP contribution in [-0.4, -0.2) is 33.7 Å². The molecule has 140 valence electrons. The SMILES string of the molecule is CC[C@@H](Oc1ccc(N(C)S(C)(=O)=O)cc1)C(=O)Nc1cccc(Cl)c1. The summed E-state index contributed by atoms with van der Waals surface area (Å²) in [6.45, 7) is 1.84. The maximum absolute atomic E-state index is 12.4. The van der Waals surface area contributed by atoms with Crippen LogP contribution in [-0.2, 0) is 14.8 Å². The van der Waals surface area contributed by atoms with Crippen LogP contribution in [0.15, 0.2) is 48.5 Å². The zero-order valence-electron chi connectivity index (χ0n) is 14.8. The third-order valence-electron chi connectivity index (χ3n) is 3.73. The minimum atomic E-state index is -3.33. The summed E-state index contributed by atoms with van der Waals surface area (Å²) in [6, 6.07) is 13.4. The lowest BCUT2D eigenvalue weighted by molar-refractivity contribution is -0.122. The molecule has 0 aliphatic carbocycles. The number of hydrogen-bond donors (Lipinski definition) is 1. The predicted molar refractivity (Wildman–Crippen MR) is 104 cm³/mol. The number of ether oxygens (including phenoxy) is 1. The molecule has 1 N–H and O–H groups in total. The summed E-state index contributed by atoms with van der Waals surface area (Å²) < 4.78 is 30.0. The number of halogens is 1. The number of amides is 1. The third-order valence-corrected chi connectivity index (χ3v) is 5.17. The van der Waals surface area contributed by atoms with Gasteiger partial charge < -0.3 is 10.1 Å². The largest absolute Gasteiger partial charge is 0.481 e. The maximum Gasteiger partial charge on any atom is 0.265 e. The van der Waals surface area contributed by atoms with E-state index in [1.807, 2.05) is 6.92 Å². The quantitative estimate of drug-likeness (QED) is 0.776. The van der Waals surface area contributed by atoms with Crippen molar-refractivity contribution < 1.29 is 17.9 Å². The van der Waals surface area contributed by atoms with Crippen LogP contribution < -0.4 is 14.4 Å². The second kappa shape index (κ2) is 8.42. The lowest BCUT2D eigenvalue weighted by atomic mass is 10.2. The normalized spacial score (nSPS) is 12.3. The van der Waals surface area contributed by atoms with E-state index < -0.39 is 16.1 Å². The molecule has 1 amide bonds. The number of rotatable bonds is 7. The van der Waals surface area contributed by atoms with Crippen molar-refractivity contribution >= 4 is 38.9 Å². The lowest BCUT2D eigenvalue weighted by Gasteiger charge is -2.19. The first-order valence-electron chi connectivity index (χ1n) is 7.97. The minimum Gasteiger partial charge on any atom is -0.481 e. The Bertz CT molecular complexity index is 869. The second-order valence-electron chi connectivity index (χ2n) is 5.74. The summed E-state index contributed by atoms with van der Waals surface area (Å²) in [5.74, 6) is 0.191. The highest BCUT2D eigenvalue weighted by atomic mass is 35.5. The van der Waals surface area contributed by atoms with Crippen molar-refractivity contribution in [1.29, 1.82) is 0 Å². The summed E-state index contributed by atoms with van der Waals surface area (Å²) in [4.78, 5) is 12.4. The maximum atomic E-state index is 12.4. The molecule has 6 nitrogen and oxygen atoms in total. The van der Waals surface area contributed by atoms with Gasteiger partial charge in [0.25, 0.3) is 5.91 Å². The van der Waals surface area contributed by atoms with Crippen molar-refractivity contribution in [2.45, 2.75) is 19.4 Å². The van der Waals surface area contributed by atoms with Gasteiger partial charge in [0.2, 0.25) is 10.0 Å². The molecule has 0 aliphatic heterocycles. The number of hydrogen-bond acceptors (Lipinski definition) is 4. The van der Waals surface area contributed by atoms with Crippen LogP contribution in [0.2, 0.25) is 5.02 Å². The van der Waals surface area contributed by atoms with E-state index in [4.69, 9.17) is 16.3 Å². The van der Waals surface area contributed by atoms with Crippen molar-refractivity contribution in [2.75, 3.05) is 22.9 Å². The summed E-state index contributed by atoms with van der Waals surface area (Å²) in [6.07, 6.45) is 0.912. The molecule has 1 atom stereocenters. The first-order valence-corrected chi connectivity index (χ1v) is 10.2. The Hall–Kier alpha value is -2.25. The molecule has 2 aromatic carbocycles. The number of benzene rings is 2. The highest BCUT2D eigenvalue weighted by Crippen LogP contribution is 2.22. The molecule has 0 fully saturated rings. The molecular weight excluding hydrogens is 376 g/mol. The molecule has 8 heteroatoms. The van der Waals surface area contributed by atoms with E-state index in [9.17, 15) is 13.2 Å². The predicted octanol–water partition coefficient (Wildman–Crippen LogP) is 3.53. The third kappa shape index (κ3) is 5.37. The molecule has 0 saturated heterocycles. The van der Waals surface area contributed by atoms with Crippen LogP contribution in [0.5, 0.6) is 5.75 Å². The molecule has 0 aliphatic rings. The molecule has 0 aromatic heterocycles. The Morgan fingerprint density at radius 2 is 1.88 bits per heavy atom. The van der Waals surface area contributed by atoms with E-state index in [0.717, 1.165) is 6.26 Å². The Balaban J connectivity index is 2.06. The van der Waals surface area contributed by atoms with Gasteiger partial charge in [0.1, 0.15) is 5.75 Å². The zero-order chi connectivity index (χ0) is 19.3. The Kier molecular flexibility index (Phi) is 6.50. The van der Waals surface area contributed by atoms with Crippen LogP contribution in [0.3, 0.4) is 0 Å². The minimum absolute atomic E-state index is 0.285. The number of nitrogens with one attached hydrogen (secondary N) is 1. The van der Waals surface area contributed by atoms with Gasteiger partial charge in [-0.3, -0.25) is 9.10 Å². The van der Waals surface area contributed by atoms with Gasteiger partial charge in [-0.2, -0.15) is 0 Å². The molecule has 0 heterocycles. The van der Waals surface area contributed by atoms with Gasteiger partial charge >= 0.3 is 0 Å². The monoisotopic (exact) mass is 396 g/mol. The summed E-state index contributed by atoms with van der Waals surface area (Å²) in [5.41, 5.74) is 1.10. The van der Waals surface area contributed by atoms with Crippen LogP contribution in [0.4, 0.5) is 11.4 Å². The van der Waals surface area contributed by atoms with Crippen molar-refractivity contribution in [3.8, 4) is 5.75 Å². The van der Waals surface area contributed by atoms with Gasteiger partial charge in [-0.15, -0.1) is 0 Å². The second-order valence-corrected chi connectivity index (χ2v) is 8.19. The number of carbonyl (C=O) groups excluding carboxylic acids is 1. The Morgan fingerprint density at radius 1 is 1.23 bits per heavy atom. The number of anilines is 2. The van der Waals surface area contributed by atoms with Gasteiger partial charge in [-0.05, 0) is 48.9 Å². The first kappa shape index (κ1) is 20.1. The van der Waals surface area contributed by atoms with Crippen LogP contribution in [0.1, 0.15) is 13.3 Å². The molecule has 0 spiro atoms. The van der Waals surface area contributed by atoms with Gasteiger partial charge in [0, 0.05) is 17.8 Å². The summed E-state index contributed by atoms with van der Waals surface area (Å²) in [5, 5.41) is 3.30. The van der Waals surface area contributed by atoms with E-state index >= 15 is 0 Å². The number of sulfonamides is 1. The van der Waals surface area contributed by atoms with Crippen molar-refractivity contribution in [1.82, 2.24) is 0 Å². The fourth-order valence-electron chi connectivity index (χ4n) is 2.20. The van der Waals surface area contributed by atoms with Gasteiger partial charge in [-0.25, -0.2) is 8.42 Å². The van der Waals surface area contributed by atoms with Crippen LogP contribution in [0.25, 0.3) is 0 Å². The van der Waals surface area contributed by atoms with E-state index in [1.54, 1.807) is 48.5 Å². The van der Waals surface area contributed by atoms with Gasteiger partial charge in [-0.1, -0.05) is 24.6 Å². The highest BCUT2D eigenvalue weighted by Gasteiger charge is 2.19.